The third-order valence-electron chi connectivity index (χ3n) is 7.13. The monoisotopic (exact) mass is 469 g/mol. The number of fused-ring (bicyclic) bond motifs is 11. The van der Waals surface area contributed by atoms with Gasteiger partial charge in [-0.1, -0.05) is 54.6 Å². The van der Waals surface area contributed by atoms with Gasteiger partial charge in [0.15, 0.2) is 0 Å². The van der Waals surface area contributed by atoms with Gasteiger partial charge in [-0.2, -0.15) is 0 Å². The summed E-state index contributed by atoms with van der Waals surface area (Å²) in [6.07, 6.45) is 0. The van der Waals surface area contributed by atoms with Gasteiger partial charge >= 0.3 is 5.97 Å². The summed E-state index contributed by atoms with van der Waals surface area (Å²) in [7, 11) is 0. The molecule has 2 heterocycles. The zero-order valence-corrected chi connectivity index (χ0v) is 20.1. The molecular formula is C31H23N3O2. The average Bonchev–Trinajstić information content (AvgIpc) is 3.25. The van der Waals surface area contributed by atoms with Crippen LogP contribution in [0, 0.1) is 0 Å². The second-order valence-electron chi connectivity index (χ2n) is 9.01. The van der Waals surface area contributed by atoms with E-state index in [-0.39, 0.29) is 5.97 Å². The van der Waals surface area contributed by atoms with Crippen LogP contribution in [0.25, 0.3) is 65.4 Å². The van der Waals surface area contributed by atoms with E-state index in [4.69, 9.17) is 14.7 Å². The smallest absolute Gasteiger partial charge is 0.338 e. The van der Waals surface area contributed by atoms with Crippen molar-refractivity contribution in [3.8, 4) is 0 Å². The molecule has 0 spiro atoms. The molecular weight excluding hydrogens is 446 g/mol. The number of aryl methyl sites for hydroxylation is 1. The molecule has 0 bridgehead atoms. The molecule has 0 saturated heterocycles. The topological polar surface area (TPSA) is 57.0 Å². The number of carbonyl (C=O) groups is 1. The first-order valence-electron chi connectivity index (χ1n) is 12.3. The van der Waals surface area contributed by atoms with Crippen molar-refractivity contribution in [1.82, 2.24) is 14.5 Å². The quantitative estimate of drug-likeness (QED) is 0.154. The lowest BCUT2D eigenvalue weighted by molar-refractivity contribution is 0.0529. The Morgan fingerprint density at radius 3 is 2.11 bits per heavy atom. The highest BCUT2D eigenvalue weighted by atomic mass is 16.5. The number of rotatable bonds is 3. The van der Waals surface area contributed by atoms with Gasteiger partial charge in [0, 0.05) is 39.0 Å². The largest absolute Gasteiger partial charge is 0.462 e. The predicted octanol–water partition coefficient (Wildman–Crippen LogP) is 7.39. The van der Waals surface area contributed by atoms with Gasteiger partial charge < -0.3 is 9.30 Å². The van der Waals surface area contributed by atoms with E-state index < -0.39 is 0 Å². The summed E-state index contributed by atoms with van der Waals surface area (Å²) in [5.41, 5.74) is 6.09. The number of nitrogens with zero attached hydrogens (tertiary/aromatic N) is 3. The fourth-order valence-electron chi connectivity index (χ4n) is 5.69. The van der Waals surface area contributed by atoms with E-state index in [0.29, 0.717) is 12.2 Å². The highest BCUT2D eigenvalue weighted by Gasteiger charge is 2.24. The molecule has 0 aliphatic heterocycles. The number of ether oxygens (including phenoxy) is 1. The molecule has 0 atom stereocenters. The average molecular weight is 470 g/mol. The predicted molar refractivity (Wildman–Crippen MR) is 147 cm³/mol. The van der Waals surface area contributed by atoms with Gasteiger partial charge in [-0.05, 0) is 43.5 Å². The molecule has 0 unspecified atom stereocenters. The summed E-state index contributed by atoms with van der Waals surface area (Å²) in [5.74, 6) is -0.323. The Hall–Kier alpha value is -4.51. The van der Waals surface area contributed by atoms with Crippen LogP contribution in [0.5, 0.6) is 0 Å². The van der Waals surface area contributed by atoms with E-state index >= 15 is 0 Å². The van der Waals surface area contributed by atoms with E-state index in [2.05, 4.69) is 41.8 Å². The number of esters is 1. The van der Waals surface area contributed by atoms with Crippen molar-refractivity contribution in [2.75, 3.05) is 6.61 Å². The fourth-order valence-corrected chi connectivity index (χ4v) is 5.69. The van der Waals surface area contributed by atoms with Gasteiger partial charge in [-0.3, -0.25) is 0 Å². The SMILES string of the molecule is CCOC(=O)c1cc2c3ccccc3n(CC)c2c2c3nc4ccccc4nc3c3ccccc3c12. The number of para-hydroxylation sites is 3. The molecule has 0 fully saturated rings. The van der Waals surface area contributed by atoms with Gasteiger partial charge in [0.1, 0.15) is 5.52 Å². The number of benzene rings is 5. The normalized spacial score (nSPS) is 11.9. The van der Waals surface area contributed by atoms with Gasteiger partial charge in [0.05, 0.1) is 34.2 Å². The first kappa shape index (κ1) is 20.8. The van der Waals surface area contributed by atoms with Gasteiger partial charge in [0.2, 0.25) is 0 Å². The van der Waals surface area contributed by atoms with Gasteiger partial charge in [-0.15, -0.1) is 0 Å². The molecule has 0 aliphatic rings. The minimum atomic E-state index is -0.323. The summed E-state index contributed by atoms with van der Waals surface area (Å²) in [6, 6.07) is 26.5. The number of hydrogen-bond donors (Lipinski definition) is 0. The highest BCUT2D eigenvalue weighted by molar-refractivity contribution is 6.35. The Labute approximate surface area is 206 Å². The second kappa shape index (κ2) is 7.75. The number of carbonyl (C=O) groups excluding carboxylic acids is 1. The van der Waals surface area contributed by atoms with E-state index in [1.165, 1.54) is 0 Å². The van der Waals surface area contributed by atoms with Crippen LogP contribution in [0.15, 0.2) is 78.9 Å². The minimum Gasteiger partial charge on any atom is -0.462 e. The summed E-state index contributed by atoms with van der Waals surface area (Å²) in [4.78, 5) is 23.7. The third kappa shape index (κ3) is 2.74. The van der Waals surface area contributed by atoms with Crippen LogP contribution in [0.3, 0.4) is 0 Å². The number of aromatic nitrogens is 3. The van der Waals surface area contributed by atoms with Crippen molar-refractivity contribution >= 4 is 71.4 Å². The summed E-state index contributed by atoms with van der Waals surface area (Å²) in [5, 5.41) is 5.89. The molecule has 36 heavy (non-hydrogen) atoms. The Morgan fingerprint density at radius 1 is 0.750 bits per heavy atom. The molecule has 0 amide bonds. The Kier molecular flexibility index (Phi) is 4.48. The first-order chi connectivity index (χ1) is 17.7. The van der Waals surface area contributed by atoms with Crippen LogP contribution in [-0.2, 0) is 11.3 Å². The molecule has 5 heteroatoms. The van der Waals surface area contributed by atoms with Crippen molar-refractivity contribution in [3.05, 3.63) is 84.4 Å². The molecule has 0 saturated carbocycles. The van der Waals surface area contributed by atoms with Crippen molar-refractivity contribution < 1.29 is 9.53 Å². The van der Waals surface area contributed by atoms with Crippen molar-refractivity contribution in [2.45, 2.75) is 20.4 Å². The maximum absolute atomic E-state index is 13.4. The lowest BCUT2D eigenvalue weighted by Gasteiger charge is -2.16. The van der Waals surface area contributed by atoms with Crippen LogP contribution in [0.2, 0.25) is 0 Å². The molecule has 7 aromatic rings. The Morgan fingerprint density at radius 2 is 1.39 bits per heavy atom. The van der Waals surface area contributed by atoms with E-state index in [1.54, 1.807) is 0 Å². The summed E-state index contributed by atoms with van der Waals surface area (Å²) >= 11 is 0. The maximum Gasteiger partial charge on any atom is 0.338 e. The van der Waals surface area contributed by atoms with Crippen LogP contribution in [-0.4, -0.2) is 27.1 Å². The van der Waals surface area contributed by atoms with Crippen molar-refractivity contribution in [2.24, 2.45) is 0 Å². The lowest BCUT2D eigenvalue weighted by atomic mass is 9.93. The fraction of sp³-hybridized carbons (Fsp3) is 0.129. The zero-order chi connectivity index (χ0) is 24.4. The lowest BCUT2D eigenvalue weighted by Crippen LogP contribution is -2.07. The van der Waals surface area contributed by atoms with E-state index in [0.717, 1.165) is 72.0 Å². The molecule has 0 N–H and O–H groups in total. The van der Waals surface area contributed by atoms with Gasteiger partial charge in [0.25, 0.3) is 0 Å². The standard InChI is InChI=1S/C31H23N3O2/c1-3-34-25-16-10-7-11-18(25)21-17-22(31(35)36-4-2)26-19-12-5-6-13-20(19)28-29(27(26)30(21)34)33-24-15-9-8-14-23(24)32-28/h5-17H,3-4H2,1-2H3. The Bertz CT molecular complexity index is 2020. The molecule has 2 aromatic heterocycles. The van der Waals surface area contributed by atoms with E-state index in [9.17, 15) is 4.79 Å². The maximum atomic E-state index is 13.4. The van der Waals surface area contributed by atoms with Crippen LogP contribution >= 0.6 is 0 Å². The molecule has 7 rings (SSSR count). The Balaban J connectivity index is 1.87. The molecule has 174 valence electrons. The third-order valence-corrected chi connectivity index (χ3v) is 7.13. The molecule has 0 aliphatic carbocycles. The van der Waals surface area contributed by atoms with Crippen molar-refractivity contribution in [1.29, 1.82) is 0 Å². The zero-order valence-electron chi connectivity index (χ0n) is 20.1. The molecule has 5 nitrogen and oxygen atoms in total. The van der Waals surface area contributed by atoms with Crippen LogP contribution in [0.1, 0.15) is 24.2 Å². The summed E-state index contributed by atoms with van der Waals surface area (Å²) < 4.78 is 7.91. The molecule has 0 radical (unpaired) electrons. The summed E-state index contributed by atoms with van der Waals surface area (Å²) in [6.45, 7) is 5.09. The van der Waals surface area contributed by atoms with Crippen molar-refractivity contribution in [3.63, 3.8) is 0 Å². The number of hydrogen-bond acceptors (Lipinski definition) is 4. The van der Waals surface area contributed by atoms with Gasteiger partial charge in [-0.25, -0.2) is 14.8 Å². The van der Waals surface area contributed by atoms with E-state index in [1.807, 2.05) is 55.5 Å². The minimum absolute atomic E-state index is 0.311. The molecule has 5 aromatic carbocycles. The first-order valence-corrected chi connectivity index (χ1v) is 12.3. The highest BCUT2D eigenvalue weighted by Crippen LogP contribution is 2.43. The van der Waals surface area contributed by atoms with Crippen LogP contribution < -0.4 is 0 Å². The second-order valence-corrected chi connectivity index (χ2v) is 9.01. The van der Waals surface area contributed by atoms with Crippen LogP contribution in [0.4, 0.5) is 0 Å².